The molecule has 0 bridgehead atoms. The zero-order valence-corrected chi connectivity index (χ0v) is 42.9. The topological polar surface area (TPSA) is 78.9 Å². The van der Waals surface area contributed by atoms with E-state index < -0.39 is 6.10 Å². The number of unbranched alkanes of at least 4 members (excludes halogenated alkanes) is 22. The molecule has 0 fully saturated rings. The lowest BCUT2D eigenvalue weighted by Crippen LogP contribution is -2.30. The Morgan fingerprint density at radius 2 is 0.667 bits per heavy atom. The molecule has 6 nitrogen and oxygen atoms in total. The molecule has 6 heteroatoms. The third-order valence-electron chi connectivity index (χ3n) is 11.4. The molecular weight excluding hydrogens is 817 g/mol. The van der Waals surface area contributed by atoms with Gasteiger partial charge in [-0.05, 0) is 83.5 Å². The largest absolute Gasteiger partial charge is 0.462 e. The van der Waals surface area contributed by atoms with Gasteiger partial charge in [-0.3, -0.25) is 14.4 Å². The fraction of sp³-hybridized carbons (Fsp3) is 0.683. The Bertz CT molecular complexity index is 1330. The summed E-state index contributed by atoms with van der Waals surface area (Å²) in [5, 5.41) is 0. The summed E-state index contributed by atoms with van der Waals surface area (Å²) < 4.78 is 16.8. The molecule has 0 spiro atoms. The van der Waals surface area contributed by atoms with E-state index >= 15 is 0 Å². The fourth-order valence-electron chi connectivity index (χ4n) is 7.28. The van der Waals surface area contributed by atoms with Gasteiger partial charge in [-0.2, -0.15) is 0 Å². The van der Waals surface area contributed by atoms with E-state index in [1.54, 1.807) is 0 Å². The Balaban J connectivity index is 4.52. The monoisotopic (exact) mass is 917 g/mol. The van der Waals surface area contributed by atoms with Gasteiger partial charge in [0.05, 0.1) is 0 Å². The van der Waals surface area contributed by atoms with Crippen molar-refractivity contribution in [3.05, 3.63) is 97.2 Å². The van der Waals surface area contributed by atoms with E-state index in [0.717, 1.165) is 89.9 Å². The third kappa shape index (κ3) is 51.3. The smallest absolute Gasteiger partial charge is 0.306 e. The zero-order valence-electron chi connectivity index (χ0n) is 42.9. The number of esters is 3. The lowest BCUT2D eigenvalue weighted by molar-refractivity contribution is -0.166. The van der Waals surface area contributed by atoms with E-state index in [1.165, 1.54) is 109 Å². The first-order chi connectivity index (χ1) is 32.5. The minimum Gasteiger partial charge on any atom is -0.462 e. The van der Waals surface area contributed by atoms with Crippen molar-refractivity contribution in [2.45, 2.75) is 252 Å². The molecule has 0 aliphatic heterocycles. The number of hydrogen-bond acceptors (Lipinski definition) is 6. The lowest BCUT2D eigenvalue weighted by Gasteiger charge is -2.18. The van der Waals surface area contributed by atoms with Gasteiger partial charge in [-0.15, -0.1) is 0 Å². The van der Waals surface area contributed by atoms with Crippen molar-refractivity contribution in [1.29, 1.82) is 0 Å². The van der Waals surface area contributed by atoms with Crippen LogP contribution in [0, 0.1) is 0 Å². The van der Waals surface area contributed by atoms with Gasteiger partial charge in [0.1, 0.15) is 13.2 Å². The average molecular weight is 917 g/mol. The van der Waals surface area contributed by atoms with Crippen molar-refractivity contribution in [2.24, 2.45) is 0 Å². The summed E-state index contributed by atoms with van der Waals surface area (Å²) in [6.07, 6.45) is 71.1. The van der Waals surface area contributed by atoms with Crippen LogP contribution < -0.4 is 0 Å². The van der Waals surface area contributed by atoms with Crippen molar-refractivity contribution in [2.75, 3.05) is 13.2 Å². The number of ether oxygens (including phenoxy) is 3. The predicted octanol–water partition coefficient (Wildman–Crippen LogP) is 18.1. The van der Waals surface area contributed by atoms with Crippen molar-refractivity contribution in [3.63, 3.8) is 0 Å². The van der Waals surface area contributed by atoms with Gasteiger partial charge < -0.3 is 14.2 Å². The molecule has 0 aromatic rings. The fourth-order valence-corrected chi connectivity index (χ4v) is 7.28. The van der Waals surface area contributed by atoms with Gasteiger partial charge in [0.15, 0.2) is 6.10 Å². The number of hydrogen-bond donors (Lipinski definition) is 0. The number of carbonyl (C=O) groups excluding carboxylic acids is 3. The molecule has 0 aliphatic rings. The molecule has 0 amide bonds. The van der Waals surface area contributed by atoms with Crippen molar-refractivity contribution in [3.8, 4) is 0 Å². The van der Waals surface area contributed by atoms with Crippen molar-refractivity contribution in [1.82, 2.24) is 0 Å². The maximum Gasteiger partial charge on any atom is 0.306 e. The Morgan fingerprint density at radius 3 is 1.11 bits per heavy atom. The van der Waals surface area contributed by atoms with E-state index in [2.05, 4.69) is 112 Å². The minimum absolute atomic E-state index is 0.104. The maximum absolute atomic E-state index is 12.8. The molecule has 1 atom stereocenters. The van der Waals surface area contributed by atoms with Crippen LogP contribution in [0.25, 0.3) is 0 Å². The van der Waals surface area contributed by atoms with Crippen molar-refractivity contribution < 1.29 is 28.6 Å². The molecule has 0 N–H and O–H groups in total. The van der Waals surface area contributed by atoms with Crippen LogP contribution in [0.5, 0.6) is 0 Å². The average Bonchev–Trinajstić information content (AvgIpc) is 3.31. The summed E-state index contributed by atoms with van der Waals surface area (Å²) in [5.41, 5.74) is 0. The van der Waals surface area contributed by atoms with Crippen LogP contribution in [0.3, 0.4) is 0 Å². The first kappa shape index (κ1) is 62.3. The van der Waals surface area contributed by atoms with Crippen LogP contribution in [0.4, 0.5) is 0 Å². The Hall–Kier alpha value is -3.67. The normalized spacial score (nSPS) is 12.8. The highest BCUT2D eigenvalue weighted by molar-refractivity contribution is 5.71. The number of rotatable bonds is 48. The van der Waals surface area contributed by atoms with Crippen LogP contribution >= 0.6 is 0 Å². The highest BCUT2D eigenvalue weighted by atomic mass is 16.6. The minimum atomic E-state index is -0.813. The zero-order chi connectivity index (χ0) is 47.9. The summed E-state index contributed by atoms with van der Waals surface area (Å²) >= 11 is 0. The van der Waals surface area contributed by atoms with Gasteiger partial charge in [0.25, 0.3) is 0 Å². The van der Waals surface area contributed by atoms with Crippen LogP contribution in [-0.2, 0) is 28.6 Å². The Kier molecular flexibility index (Phi) is 50.9. The molecule has 0 aromatic heterocycles. The summed E-state index contributed by atoms with van der Waals surface area (Å²) in [5.74, 6) is -1.00. The molecule has 0 heterocycles. The second kappa shape index (κ2) is 53.9. The van der Waals surface area contributed by atoms with Gasteiger partial charge >= 0.3 is 17.9 Å². The Labute approximate surface area is 407 Å². The molecule has 0 saturated carbocycles. The van der Waals surface area contributed by atoms with Crippen molar-refractivity contribution >= 4 is 17.9 Å². The van der Waals surface area contributed by atoms with E-state index in [0.29, 0.717) is 19.3 Å². The van der Waals surface area contributed by atoms with E-state index in [4.69, 9.17) is 14.2 Å². The van der Waals surface area contributed by atoms with Gasteiger partial charge in [0, 0.05) is 19.3 Å². The molecular formula is C60H100O6. The molecule has 0 saturated heterocycles. The second-order valence-electron chi connectivity index (χ2n) is 17.8. The SMILES string of the molecule is CC/C=C\C/C=C\C/C=C\C/C=C\C/C=C\C/C=C\CCC(=O)OCC(COC(=O)CCCCCCCCCCCCCCCC)OC(=O)CCCCCCCC/C=C\C=C/CCCCC. The molecule has 0 radical (unpaired) electrons. The van der Waals surface area contributed by atoms with Gasteiger partial charge in [0.2, 0.25) is 0 Å². The maximum atomic E-state index is 12.8. The Morgan fingerprint density at radius 1 is 0.333 bits per heavy atom. The van der Waals surface area contributed by atoms with E-state index in [9.17, 15) is 14.4 Å². The lowest BCUT2D eigenvalue weighted by atomic mass is 10.0. The molecule has 376 valence electrons. The molecule has 66 heavy (non-hydrogen) atoms. The standard InChI is InChI=1S/C60H100O6/c1-4-7-10-13-16-19-22-25-28-29-30-31-33-35-38-41-44-47-50-53-59(62)65-56-57(55-64-58(61)52-49-46-43-40-37-34-27-24-21-18-15-12-9-6-3)66-60(63)54-51-48-45-42-39-36-32-26-23-20-17-14-11-8-5-2/h7,10,16-17,19-20,23,25-26,28,30-31,35,38,44,47,57H,4-6,8-9,11-15,18,21-22,24,27,29,32-34,36-37,39-43,45-46,48-56H2,1-3H3/b10-7-,19-16-,20-17-,26-23-,28-25-,31-30-,38-35-,47-44-. The van der Waals surface area contributed by atoms with E-state index in [1.807, 2.05) is 6.08 Å². The first-order valence-electron chi connectivity index (χ1n) is 27.3. The van der Waals surface area contributed by atoms with Gasteiger partial charge in [-0.25, -0.2) is 0 Å². The summed E-state index contributed by atoms with van der Waals surface area (Å²) in [4.78, 5) is 38.0. The predicted molar refractivity (Wildman–Crippen MR) is 284 cm³/mol. The molecule has 0 aromatic carbocycles. The third-order valence-corrected chi connectivity index (χ3v) is 11.4. The van der Waals surface area contributed by atoms with Gasteiger partial charge in [-0.1, -0.05) is 240 Å². The number of allylic oxidation sites excluding steroid dienone is 16. The number of carbonyl (C=O) groups is 3. The van der Waals surface area contributed by atoms with Crippen LogP contribution in [-0.4, -0.2) is 37.2 Å². The molecule has 1 unspecified atom stereocenters. The molecule has 0 rings (SSSR count). The molecule has 0 aliphatic carbocycles. The highest BCUT2D eigenvalue weighted by Crippen LogP contribution is 2.15. The highest BCUT2D eigenvalue weighted by Gasteiger charge is 2.19. The van der Waals surface area contributed by atoms with Crippen LogP contribution in [0.2, 0.25) is 0 Å². The second-order valence-corrected chi connectivity index (χ2v) is 17.8. The van der Waals surface area contributed by atoms with Crippen LogP contribution in [0.15, 0.2) is 97.2 Å². The first-order valence-corrected chi connectivity index (χ1v) is 27.3. The summed E-state index contributed by atoms with van der Waals surface area (Å²) in [6, 6.07) is 0. The van der Waals surface area contributed by atoms with Crippen LogP contribution in [0.1, 0.15) is 245 Å². The summed E-state index contributed by atoms with van der Waals surface area (Å²) in [6.45, 7) is 6.42. The van der Waals surface area contributed by atoms with E-state index in [-0.39, 0.29) is 37.5 Å². The summed E-state index contributed by atoms with van der Waals surface area (Å²) in [7, 11) is 0. The quantitative estimate of drug-likeness (QED) is 0.0199.